The summed E-state index contributed by atoms with van der Waals surface area (Å²) in [5.74, 6) is 0.579. The van der Waals surface area contributed by atoms with Crippen LogP contribution < -0.4 is 10.6 Å². The Morgan fingerprint density at radius 3 is 3.05 bits per heavy atom. The normalized spacial score (nSPS) is 14.3. The molecular formula is C14H18ClN5O. The average molecular weight is 308 g/mol. The van der Waals surface area contributed by atoms with E-state index in [9.17, 15) is 4.79 Å². The van der Waals surface area contributed by atoms with Crippen LogP contribution in [0, 0.1) is 0 Å². The van der Waals surface area contributed by atoms with Gasteiger partial charge in [-0.3, -0.25) is 9.89 Å². The Bertz CT molecular complexity index is 614. The summed E-state index contributed by atoms with van der Waals surface area (Å²) in [5, 5.41) is 12.8. The molecule has 1 aromatic heterocycles. The Morgan fingerprint density at radius 2 is 2.29 bits per heavy atom. The minimum atomic E-state index is -0.197. The second-order valence-corrected chi connectivity index (χ2v) is 4.93. The van der Waals surface area contributed by atoms with Gasteiger partial charge in [0.1, 0.15) is 12.2 Å². The number of carbonyl (C=O) groups is 1. The monoisotopic (exact) mass is 307 g/mol. The van der Waals surface area contributed by atoms with E-state index in [0.29, 0.717) is 5.82 Å². The van der Waals surface area contributed by atoms with Crippen LogP contribution in [0.25, 0.3) is 0 Å². The van der Waals surface area contributed by atoms with Crippen molar-refractivity contribution >= 4 is 24.0 Å². The molecule has 0 bridgehead atoms. The molecule has 2 aromatic rings. The number of H-pyrrole nitrogens is 1. The van der Waals surface area contributed by atoms with E-state index in [4.69, 9.17) is 0 Å². The maximum absolute atomic E-state index is 12.4. The van der Waals surface area contributed by atoms with Gasteiger partial charge in [-0.25, -0.2) is 4.98 Å². The largest absolute Gasteiger partial charge is 0.385 e. The first-order valence-electron chi connectivity index (χ1n) is 6.77. The maximum Gasteiger partial charge on any atom is 0.252 e. The molecule has 0 radical (unpaired) electrons. The zero-order valence-corrected chi connectivity index (χ0v) is 12.5. The van der Waals surface area contributed by atoms with Crippen molar-refractivity contribution in [3.63, 3.8) is 0 Å². The number of carbonyl (C=O) groups excluding carboxylic acids is 1. The van der Waals surface area contributed by atoms with E-state index in [-0.39, 0.29) is 24.4 Å². The molecule has 1 aliphatic rings. The van der Waals surface area contributed by atoms with Crippen molar-refractivity contribution in [3.05, 3.63) is 41.5 Å². The molecule has 1 aliphatic heterocycles. The topological polar surface area (TPSA) is 82.7 Å². The van der Waals surface area contributed by atoms with Crippen LogP contribution in [-0.4, -0.2) is 27.6 Å². The lowest BCUT2D eigenvalue weighted by Crippen LogP contribution is -2.29. The number of aromatic amines is 1. The highest BCUT2D eigenvalue weighted by Gasteiger charge is 2.19. The van der Waals surface area contributed by atoms with Crippen LogP contribution in [0.5, 0.6) is 0 Å². The van der Waals surface area contributed by atoms with Crippen molar-refractivity contribution in [2.24, 2.45) is 0 Å². The lowest BCUT2D eigenvalue weighted by Gasteiger charge is -2.21. The van der Waals surface area contributed by atoms with Crippen LogP contribution in [0.15, 0.2) is 24.5 Å². The minimum Gasteiger partial charge on any atom is -0.385 e. The molecule has 1 aromatic carbocycles. The van der Waals surface area contributed by atoms with Crippen molar-refractivity contribution in [2.75, 3.05) is 11.9 Å². The Hall–Kier alpha value is -2.08. The van der Waals surface area contributed by atoms with Crippen LogP contribution >= 0.6 is 12.4 Å². The zero-order chi connectivity index (χ0) is 13.9. The Morgan fingerprint density at radius 1 is 1.43 bits per heavy atom. The number of nitrogens with zero attached hydrogens (tertiary/aromatic N) is 2. The van der Waals surface area contributed by atoms with E-state index in [0.717, 1.165) is 36.2 Å². The first-order chi connectivity index (χ1) is 9.75. The van der Waals surface area contributed by atoms with Crippen LogP contribution in [0.4, 0.5) is 5.69 Å². The molecule has 1 unspecified atom stereocenters. The Kier molecular flexibility index (Phi) is 4.80. The molecule has 7 heteroatoms. The predicted molar refractivity (Wildman–Crippen MR) is 82.8 cm³/mol. The van der Waals surface area contributed by atoms with Gasteiger partial charge in [-0.15, -0.1) is 12.4 Å². The van der Waals surface area contributed by atoms with Crippen molar-refractivity contribution < 1.29 is 4.79 Å². The van der Waals surface area contributed by atoms with Crippen molar-refractivity contribution in [3.8, 4) is 0 Å². The highest BCUT2D eigenvalue weighted by atomic mass is 35.5. The van der Waals surface area contributed by atoms with Gasteiger partial charge in [0, 0.05) is 17.8 Å². The van der Waals surface area contributed by atoms with Crippen molar-refractivity contribution in [1.29, 1.82) is 0 Å². The van der Waals surface area contributed by atoms with Gasteiger partial charge in [0.2, 0.25) is 0 Å². The minimum absolute atomic E-state index is 0. The molecule has 1 amide bonds. The number of hydrogen-bond acceptors (Lipinski definition) is 4. The summed E-state index contributed by atoms with van der Waals surface area (Å²) in [7, 11) is 0. The molecule has 0 fully saturated rings. The molecule has 0 saturated carbocycles. The van der Waals surface area contributed by atoms with Gasteiger partial charge in [-0.2, -0.15) is 5.10 Å². The van der Waals surface area contributed by atoms with E-state index in [2.05, 4.69) is 25.8 Å². The molecule has 0 saturated heterocycles. The standard InChI is InChI=1S/C14H17N5O.ClH/c1-9(13-16-8-17-19-13)18-14(20)11-4-2-6-12-10(11)5-3-7-15-12;/h2,4,6,8-9,15H,3,5,7H2,1H3,(H,18,20)(H,16,17,19);1H. The summed E-state index contributed by atoms with van der Waals surface area (Å²) in [4.78, 5) is 16.5. The van der Waals surface area contributed by atoms with Crippen LogP contribution in [0.3, 0.4) is 0 Å². The molecule has 3 N–H and O–H groups in total. The number of amides is 1. The number of benzene rings is 1. The molecule has 0 spiro atoms. The molecule has 1 atom stereocenters. The molecule has 6 nitrogen and oxygen atoms in total. The number of anilines is 1. The lowest BCUT2D eigenvalue weighted by atomic mass is 9.97. The summed E-state index contributed by atoms with van der Waals surface area (Å²) >= 11 is 0. The summed E-state index contributed by atoms with van der Waals surface area (Å²) in [5.41, 5.74) is 2.90. The SMILES string of the molecule is CC(NC(=O)c1cccc2c1CCCN2)c1ncn[nH]1.Cl. The lowest BCUT2D eigenvalue weighted by molar-refractivity contribution is 0.0937. The fourth-order valence-corrected chi connectivity index (χ4v) is 2.49. The van der Waals surface area contributed by atoms with Gasteiger partial charge < -0.3 is 10.6 Å². The first-order valence-corrected chi connectivity index (χ1v) is 6.77. The zero-order valence-electron chi connectivity index (χ0n) is 11.7. The third kappa shape index (κ3) is 3.16. The number of rotatable bonds is 3. The Balaban J connectivity index is 0.00000161. The fraction of sp³-hybridized carbons (Fsp3) is 0.357. The van der Waals surface area contributed by atoms with Crippen LogP contribution in [0.1, 0.15) is 41.1 Å². The summed E-state index contributed by atoms with van der Waals surface area (Å²) in [6.45, 7) is 2.85. The number of nitrogens with one attached hydrogen (secondary N) is 3. The number of halogens is 1. The van der Waals surface area contributed by atoms with Crippen molar-refractivity contribution in [2.45, 2.75) is 25.8 Å². The molecule has 3 rings (SSSR count). The van der Waals surface area contributed by atoms with Gasteiger partial charge in [0.25, 0.3) is 5.91 Å². The second-order valence-electron chi connectivity index (χ2n) is 4.93. The van der Waals surface area contributed by atoms with Gasteiger partial charge in [-0.1, -0.05) is 6.07 Å². The molecule has 112 valence electrons. The van der Waals surface area contributed by atoms with E-state index < -0.39 is 0 Å². The first kappa shape index (κ1) is 15.3. The smallest absolute Gasteiger partial charge is 0.252 e. The summed E-state index contributed by atoms with van der Waals surface area (Å²) in [6, 6.07) is 5.60. The quantitative estimate of drug-likeness (QED) is 0.810. The maximum atomic E-state index is 12.4. The third-order valence-corrected chi connectivity index (χ3v) is 3.53. The van der Waals surface area contributed by atoms with Gasteiger partial charge in [-0.05, 0) is 37.5 Å². The number of fused-ring (bicyclic) bond motifs is 1. The van der Waals surface area contributed by atoms with Crippen LogP contribution in [-0.2, 0) is 6.42 Å². The van der Waals surface area contributed by atoms with Crippen molar-refractivity contribution in [1.82, 2.24) is 20.5 Å². The van der Waals surface area contributed by atoms with E-state index in [1.807, 2.05) is 25.1 Å². The van der Waals surface area contributed by atoms with E-state index >= 15 is 0 Å². The molecular weight excluding hydrogens is 290 g/mol. The van der Waals surface area contributed by atoms with E-state index in [1.54, 1.807) is 0 Å². The fourth-order valence-electron chi connectivity index (χ4n) is 2.49. The van der Waals surface area contributed by atoms with Crippen LogP contribution in [0.2, 0.25) is 0 Å². The Labute approximate surface area is 129 Å². The van der Waals surface area contributed by atoms with E-state index in [1.165, 1.54) is 6.33 Å². The average Bonchev–Trinajstić information content (AvgIpc) is 3.01. The summed E-state index contributed by atoms with van der Waals surface area (Å²) in [6.07, 6.45) is 3.42. The highest BCUT2D eigenvalue weighted by Crippen LogP contribution is 2.25. The second kappa shape index (κ2) is 6.58. The van der Waals surface area contributed by atoms with Gasteiger partial charge in [0.15, 0.2) is 0 Å². The third-order valence-electron chi connectivity index (χ3n) is 3.53. The number of hydrogen-bond donors (Lipinski definition) is 3. The molecule has 21 heavy (non-hydrogen) atoms. The molecule has 0 aliphatic carbocycles. The highest BCUT2D eigenvalue weighted by molar-refractivity contribution is 5.97. The summed E-state index contributed by atoms with van der Waals surface area (Å²) < 4.78 is 0. The molecule has 2 heterocycles. The predicted octanol–water partition coefficient (Wildman–Crippen LogP) is 2.08. The van der Waals surface area contributed by atoms with Gasteiger partial charge in [0.05, 0.1) is 6.04 Å². The van der Waals surface area contributed by atoms with Gasteiger partial charge >= 0.3 is 0 Å². The number of aromatic nitrogens is 3.